The van der Waals surface area contributed by atoms with Gasteiger partial charge in [-0.15, -0.1) is 11.3 Å². The van der Waals surface area contributed by atoms with Crippen molar-refractivity contribution in [1.29, 1.82) is 0 Å². The van der Waals surface area contributed by atoms with Gasteiger partial charge in [-0.1, -0.05) is 32.9 Å². The van der Waals surface area contributed by atoms with Crippen LogP contribution in [0.3, 0.4) is 0 Å². The maximum Gasteiger partial charge on any atom is 0.259 e. The number of rotatable bonds is 3. The molecule has 1 unspecified atom stereocenters. The summed E-state index contributed by atoms with van der Waals surface area (Å²) >= 11 is 1.45. The van der Waals surface area contributed by atoms with E-state index in [4.69, 9.17) is 0 Å². The third-order valence-corrected chi connectivity index (χ3v) is 6.72. The van der Waals surface area contributed by atoms with Crippen molar-refractivity contribution in [2.45, 2.75) is 66.3 Å². The Morgan fingerprint density at radius 2 is 1.73 bits per heavy atom. The quantitative estimate of drug-likeness (QED) is 0.645. The molecular formula is C24H31FN2O2S. The molecule has 162 valence electrons. The summed E-state index contributed by atoms with van der Waals surface area (Å²) in [4.78, 5) is 27.0. The largest absolute Gasteiger partial charge is 0.347 e. The van der Waals surface area contributed by atoms with E-state index in [1.54, 1.807) is 12.1 Å². The molecule has 0 aliphatic heterocycles. The number of anilines is 1. The average Bonchev–Trinajstić information content (AvgIpc) is 2.96. The number of amides is 2. The molecule has 0 bridgehead atoms. The molecule has 1 aliphatic carbocycles. The third kappa shape index (κ3) is 4.91. The summed E-state index contributed by atoms with van der Waals surface area (Å²) in [7, 11) is 0. The third-order valence-electron chi connectivity index (χ3n) is 5.55. The molecular weight excluding hydrogens is 399 g/mol. The van der Waals surface area contributed by atoms with E-state index in [0.717, 1.165) is 29.7 Å². The Labute approximate surface area is 182 Å². The lowest BCUT2D eigenvalue weighted by Gasteiger charge is -2.34. The lowest BCUT2D eigenvalue weighted by molar-refractivity contribution is 0.0919. The summed E-state index contributed by atoms with van der Waals surface area (Å²) in [6.45, 7) is 12.5. The summed E-state index contributed by atoms with van der Waals surface area (Å²) in [6.07, 6.45) is 2.69. The van der Waals surface area contributed by atoms with Gasteiger partial charge in [-0.25, -0.2) is 4.39 Å². The Morgan fingerprint density at radius 3 is 2.33 bits per heavy atom. The van der Waals surface area contributed by atoms with Crippen LogP contribution in [0.25, 0.3) is 0 Å². The molecule has 1 aromatic heterocycles. The molecule has 2 N–H and O–H groups in total. The van der Waals surface area contributed by atoms with Crippen molar-refractivity contribution < 1.29 is 14.0 Å². The first-order valence-corrected chi connectivity index (χ1v) is 11.2. The zero-order valence-corrected chi connectivity index (χ0v) is 19.4. The van der Waals surface area contributed by atoms with Crippen molar-refractivity contribution in [3.05, 3.63) is 51.7 Å². The number of benzene rings is 1. The van der Waals surface area contributed by atoms with Crippen molar-refractivity contribution in [2.24, 2.45) is 11.3 Å². The normalized spacial score (nSPS) is 16.7. The van der Waals surface area contributed by atoms with Crippen molar-refractivity contribution in [1.82, 2.24) is 5.32 Å². The molecule has 1 atom stereocenters. The van der Waals surface area contributed by atoms with Crippen LogP contribution in [-0.4, -0.2) is 17.4 Å². The van der Waals surface area contributed by atoms with Gasteiger partial charge in [0, 0.05) is 10.4 Å². The van der Waals surface area contributed by atoms with Gasteiger partial charge in [0.2, 0.25) is 0 Å². The number of carbonyl (C=O) groups excluding carboxylic acids is 2. The predicted molar refractivity (Wildman–Crippen MR) is 121 cm³/mol. The van der Waals surface area contributed by atoms with Crippen LogP contribution in [0.1, 0.15) is 79.1 Å². The van der Waals surface area contributed by atoms with Gasteiger partial charge in [0.15, 0.2) is 0 Å². The molecule has 4 nitrogen and oxygen atoms in total. The number of fused-ring (bicyclic) bond motifs is 1. The second-order valence-electron chi connectivity index (χ2n) is 10.2. The maximum absolute atomic E-state index is 14.1. The van der Waals surface area contributed by atoms with Gasteiger partial charge in [0.25, 0.3) is 11.8 Å². The number of thiophene rings is 1. The Morgan fingerprint density at radius 1 is 1.07 bits per heavy atom. The highest BCUT2D eigenvalue weighted by molar-refractivity contribution is 7.17. The molecule has 30 heavy (non-hydrogen) atoms. The molecule has 3 rings (SSSR count). The summed E-state index contributed by atoms with van der Waals surface area (Å²) in [5.41, 5.74) is 1.29. The molecule has 6 heteroatoms. The fourth-order valence-corrected chi connectivity index (χ4v) is 5.19. The molecule has 2 aromatic rings. The zero-order valence-electron chi connectivity index (χ0n) is 18.6. The first-order valence-electron chi connectivity index (χ1n) is 10.4. The molecule has 1 aliphatic rings. The van der Waals surface area contributed by atoms with Gasteiger partial charge in [-0.2, -0.15) is 0 Å². The van der Waals surface area contributed by atoms with Crippen molar-refractivity contribution in [3.63, 3.8) is 0 Å². The SMILES string of the molecule is CC(C)(C)NC(=O)c1c(NC(=O)c2ccccc2F)sc2c1CCC(C(C)(C)C)C2. The van der Waals surface area contributed by atoms with E-state index in [-0.39, 0.29) is 16.9 Å². The Balaban J connectivity index is 1.99. The van der Waals surface area contributed by atoms with E-state index in [9.17, 15) is 14.0 Å². The van der Waals surface area contributed by atoms with Crippen LogP contribution >= 0.6 is 11.3 Å². The van der Waals surface area contributed by atoms with Crippen LogP contribution in [0, 0.1) is 17.2 Å². The van der Waals surface area contributed by atoms with Gasteiger partial charge >= 0.3 is 0 Å². The minimum absolute atomic E-state index is 0.0291. The van der Waals surface area contributed by atoms with E-state index < -0.39 is 17.3 Å². The van der Waals surface area contributed by atoms with Crippen molar-refractivity contribution in [2.75, 3.05) is 5.32 Å². The molecule has 0 fully saturated rings. The fourth-order valence-electron chi connectivity index (χ4n) is 3.87. The highest BCUT2D eigenvalue weighted by atomic mass is 32.1. The Bertz CT molecular complexity index is 967. The standard InChI is InChI=1S/C24H31FN2O2S/c1-23(2,3)14-11-12-16-18(13-14)30-22(19(16)21(29)27-24(4,5)6)26-20(28)15-9-7-8-10-17(15)25/h7-10,14H,11-13H2,1-6H3,(H,26,28)(H,27,29). The van der Waals surface area contributed by atoms with E-state index >= 15 is 0 Å². The molecule has 0 saturated heterocycles. The fraction of sp³-hybridized carbons (Fsp3) is 0.500. The molecule has 1 aromatic carbocycles. The minimum atomic E-state index is -0.579. The highest BCUT2D eigenvalue weighted by Gasteiger charge is 2.34. The lowest BCUT2D eigenvalue weighted by Crippen LogP contribution is -2.41. The average molecular weight is 431 g/mol. The Kier molecular flexibility index (Phi) is 6.10. The lowest BCUT2D eigenvalue weighted by atomic mass is 9.72. The number of hydrogen-bond donors (Lipinski definition) is 2. The first kappa shape index (κ1) is 22.5. The van der Waals surface area contributed by atoms with Gasteiger partial charge in [0.05, 0.1) is 11.1 Å². The van der Waals surface area contributed by atoms with Crippen molar-refractivity contribution >= 4 is 28.2 Å². The van der Waals surface area contributed by atoms with E-state index in [2.05, 4.69) is 31.4 Å². The number of halogens is 1. The predicted octanol–water partition coefficient (Wildman–Crippen LogP) is 5.82. The van der Waals surface area contributed by atoms with Gasteiger partial charge in [0.1, 0.15) is 10.8 Å². The summed E-state index contributed by atoms with van der Waals surface area (Å²) in [5.74, 6) is -0.802. The highest BCUT2D eigenvalue weighted by Crippen LogP contribution is 2.44. The van der Waals surface area contributed by atoms with Crippen molar-refractivity contribution in [3.8, 4) is 0 Å². The van der Waals surface area contributed by atoms with Crippen LogP contribution in [0.15, 0.2) is 24.3 Å². The molecule has 1 heterocycles. The summed E-state index contributed by atoms with van der Waals surface area (Å²) in [5, 5.41) is 6.35. The van der Waals surface area contributed by atoms with Gasteiger partial charge in [-0.05, 0) is 69.1 Å². The number of hydrogen-bond acceptors (Lipinski definition) is 3. The Hall–Kier alpha value is -2.21. The zero-order chi connectivity index (χ0) is 22.3. The summed E-state index contributed by atoms with van der Waals surface area (Å²) < 4.78 is 14.1. The van der Waals surface area contributed by atoms with Crippen LogP contribution in [0.2, 0.25) is 0 Å². The van der Waals surface area contributed by atoms with E-state index in [1.807, 2.05) is 20.8 Å². The second-order valence-corrected chi connectivity index (χ2v) is 11.3. The monoisotopic (exact) mass is 430 g/mol. The van der Waals surface area contributed by atoms with Crippen LogP contribution in [0.5, 0.6) is 0 Å². The van der Waals surface area contributed by atoms with Gasteiger partial charge in [-0.3, -0.25) is 9.59 Å². The molecule has 2 amide bonds. The second kappa shape index (κ2) is 8.14. The topological polar surface area (TPSA) is 58.2 Å². The minimum Gasteiger partial charge on any atom is -0.347 e. The maximum atomic E-state index is 14.1. The van der Waals surface area contributed by atoms with Crippen LogP contribution in [-0.2, 0) is 12.8 Å². The van der Waals surface area contributed by atoms with E-state index in [0.29, 0.717) is 16.5 Å². The molecule has 0 spiro atoms. The number of carbonyl (C=O) groups is 2. The number of nitrogens with one attached hydrogen (secondary N) is 2. The van der Waals surface area contributed by atoms with Crippen LogP contribution < -0.4 is 10.6 Å². The first-order chi connectivity index (χ1) is 13.9. The van der Waals surface area contributed by atoms with Gasteiger partial charge < -0.3 is 10.6 Å². The molecule has 0 saturated carbocycles. The van der Waals surface area contributed by atoms with E-state index in [1.165, 1.54) is 23.5 Å². The van der Waals surface area contributed by atoms with Crippen LogP contribution in [0.4, 0.5) is 9.39 Å². The smallest absolute Gasteiger partial charge is 0.259 e. The molecule has 0 radical (unpaired) electrons. The summed E-state index contributed by atoms with van der Waals surface area (Å²) in [6, 6.07) is 5.88.